The fraction of sp³-hybridized carbons (Fsp3) is 0.481. The number of amides is 2. The highest BCUT2D eigenvalue weighted by molar-refractivity contribution is 7.92. The molecule has 0 aliphatic heterocycles. The lowest BCUT2D eigenvalue weighted by Crippen LogP contribution is -2.49. The van der Waals surface area contributed by atoms with Gasteiger partial charge in [-0.1, -0.05) is 31.2 Å². The van der Waals surface area contributed by atoms with E-state index in [-0.39, 0.29) is 37.4 Å². The summed E-state index contributed by atoms with van der Waals surface area (Å²) in [6, 6.07) is 13.9. The van der Waals surface area contributed by atoms with E-state index in [4.69, 9.17) is 4.74 Å². The number of hydrogen-bond acceptors (Lipinski definition) is 5. The molecular weight excluding hydrogens is 478 g/mol. The first-order valence-corrected chi connectivity index (χ1v) is 14.1. The normalized spacial score (nSPS) is 12.9. The predicted octanol–water partition coefficient (Wildman–Crippen LogP) is 3.88. The van der Waals surface area contributed by atoms with Crippen molar-refractivity contribution in [1.29, 1.82) is 0 Å². The molecule has 36 heavy (non-hydrogen) atoms. The lowest BCUT2D eigenvalue weighted by molar-refractivity contribution is -0.140. The van der Waals surface area contributed by atoms with Crippen molar-refractivity contribution in [3.05, 3.63) is 59.7 Å². The first-order valence-electron chi connectivity index (χ1n) is 12.2. The Labute approximate surface area is 215 Å². The van der Waals surface area contributed by atoms with Crippen LogP contribution in [0, 0.1) is 6.92 Å². The molecule has 1 N–H and O–H groups in total. The Morgan fingerprint density at radius 2 is 1.78 bits per heavy atom. The highest BCUT2D eigenvalue weighted by atomic mass is 32.2. The van der Waals surface area contributed by atoms with Crippen LogP contribution in [0.1, 0.15) is 51.2 Å². The Bertz CT molecular complexity index is 1140. The largest absolute Gasteiger partial charge is 0.497 e. The number of aryl methyl sites for hydroxylation is 1. The van der Waals surface area contributed by atoms with Gasteiger partial charge in [0.25, 0.3) is 0 Å². The first kappa shape index (κ1) is 29.2. The minimum absolute atomic E-state index is 0.00799. The molecule has 9 heteroatoms. The van der Waals surface area contributed by atoms with Crippen LogP contribution in [0.4, 0.5) is 5.69 Å². The molecule has 0 unspecified atom stereocenters. The number of methoxy groups -OCH3 is 1. The molecule has 2 amide bonds. The van der Waals surface area contributed by atoms with Crippen LogP contribution in [0.25, 0.3) is 0 Å². The van der Waals surface area contributed by atoms with Crippen LogP contribution < -0.4 is 14.4 Å². The van der Waals surface area contributed by atoms with E-state index in [1.165, 1.54) is 4.31 Å². The van der Waals surface area contributed by atoms with Crippen LogP contribution in [0.15, 0.2) is 48.5 Å². The zero-order chi connectivity index (χ0) is 26.9. The number of rotatable bonds is 13. The van der Waals surface area contributed by atoms with Crippen molar-refractivity contribution in [2.24, 2.45) is 0 Å². The molecule has 8 nitrogen and oxygen atoms in total. The van der Waals surface area contributed by atoms with Gasteiger partial charge in [0.05, 0.1) is 19.1 Å². The summed E-state index contributed by atoms with van der Waals surface area (Å²) in [5, 5.41) is 2.95. The summed E-state index contributed by atoms with van der Waals surface area (Å²) >= 11 is 0. The first-order chi connectivity index (χ1) is 17.0. The molecule has 0 bridgehead atoms. The number of nitrogens with one attached hydrogen (secondary N) is 1. The highest BCUT2D eigenvalue weighted by Gasteiger charge is 2.27. The van der Waals surface area contributed by atoms with Crippen LogP contribution >= 0.6 is 0 Å². The summed E-state index contributed by atoms with van der Waals surface area (Å²) in [7, 11) is -1.95. The van der Waals surface area contributed by atoms with E-state index in [9.17, 15) is 18.0 Å². The van der Waals surface area contributed by atoms with Crippen molar-refractivity contribution in [3.8, 4) is 5.75 Å². The van der Waals surface area contributed by atoms with Gasteiger partial charge in [0, 0.05) is 25.6 Å². The molecular formula is C27H39N3O5S. The summed E-state index contributed by atoms with van der Waals surface area (Å²) in [5.41, 5.74) is 2.35. The SMILES string of the molecule is CC[C@H](C)NC(=O)[C@H](C)N(Cc1cccc(OC)c1)C(=O)CCCN(c1cccc(C)c1)S(C)(=O)=O. The van der Waals surface area contributed by atoms with Crippen LogP contribution in [-0.4, -0.2) is 57.1 Å². The zero-order valence-corrected chi connectivity index (χ0v) is 23.0. The minimum atomic E-state index is -3.52. The average molecular weight is 518 g/mol. The van der Waals surface area contributed by atoms with Crippen LogP contribution in [0.3, 0.4) is 0 Å². The van der Waals surface area contributed by atoms with Gasteiger partial charge in [-0.3, -0.25) is 13.9 Å². The van der Waals surface area contributed by atoms with E-state index in [0.29, 0.717) is 17.9 Å². The van der Waals surface area contributed by atoms with Crippen molar-refractivity contribution in [2.45, 2.75) is 65.6 Å². The zero-order valence-electron chi connectivity index (χ0n) is 22.2. The van der Waals surface area contributed by atoms with E-state index in [2.05, 4.69) is 5.32 Å². The second kappa shape index (κ2) is 13.3. The summed E-state index contributed by atoms with van der Waals surface area (Å²) < 4.78 is 31.5. The van der Waals surface area contributed by atoms with Gasteiger partial charge >= 0.3 is 0 Å². The molecule has 2 atom stereocenters. The number of nitrogens with zero attached hydrogens (tertiary/aromatic N) is 2. The lowest BCUT2D eigenvalue weighted by Gasteiger charge is -2.30. The maximum absolute atomic E-state index is 13.4. The molecule has 0 spiro atoms. The molecule has 0 aliphatic carbocycles. The predicted molar refractivity (Wildman–Crippen MR) is 144 cm³/mol. The molecule has 0 aromatic heterocycles. The van der Waals surface area contributed by atoms with Gasteiger partial charge in [0.15, 0.2) is 0 Å². The Morgan fingerprint density at radius 3 is 2.39 bits per heavy atom. The van der Waals surface area contributed by atoms with E-state index in [1.807, 2.05) is 51.1 Å². The molecule has 0 fully saturated rings. The van der Waals surface area contributed by atoms with Gasteiger partial charge in [0.2, 0.25) is 21.8 Å². The van der Waals surface area contributed by atoms with E-state index in [1.54, 1.807) is 37.1 Å². The van der Waals surface area contributed by atoms with Crippen molar-refractivity contribution in [3.63, 3.8) is 0 Å². The molecule has 0 saturated heterocycles. The smallest absolute Gasteiger partial charge is 0.242 e. The number of hydrogen-bond donors (Lipinski definition) is 1. The van der Waals surface area contributed by atoms with Crippen LogP contribution in [-0.2, 0) is 26.2 Å². The van der Waals surface area contributed by atoms with Crippen LogP contribution in [0.5, 0.6) is 5.75 Å². The van der Waals surface area contributed by atoms with E-state index >= 15 is 0 Å². The third-order valence-electron chi connectivity index (χ3n) is 6.10. The Morgan fingerprint density at radius 1 is 1.08 bits per heavy atom. The average Bonchev–Trinajstić information content (AvgIpc) is 2.83. The molecule has 2 rings (SSSR count). The second-order valence-electron chi connectivity index (χ2n) is 9.14. The fourth-order valence-corrected chi connectivity index (χ4v) is 4.76. The number of benzene rings is 2. The fourth-order valence-electron chi connectivity index (χ4n) is 3.80. The Hall–Kier alpha value is -3.07. The third kappa shape index (κ3) is 8.55. The van der Waals surface area contributed by atoms with E-state index < -0.39 is 16.1 Å². The maximum atomic E-state index is 13.4. The number of ether oxygens (including phenoxy) is 1. The molecule has 0 aliphatic rings. The van der Waals surface area contributed by atoms with Crippen molar-refractivity contribution < 1.29 is 22.7 Å². The molecule has 0 saturated carbocycles. The number of carbonyl (C=O) groups excluding carboxylic acids is 2. The van der Waals surface area contributed by atoms with Crippen LogP contribution in [0.2, 0.25) is 0 Å². The van der Waals surface area contributed by atoms with Gasteiger partial charge in [-0.2, -0.15) is 0 Å². The molecule has 0 radical (unpaired) electrons. The van der Waals surface area contributed by atoms with E-state index in [0.717, 1.165) is 23.8 Å². The quantitative estimate of drug-likeness (QED) is 0.435. The maximum Gasteiger partial charge on any atom is 0.242 e. The summed E-state index contributed by atoms with van der Waals surface area (Å²) in [4.78, 5) is 27.8. The van der Waals surface area contributed by atoms with Gasteiger partial charge in [-0.15, -0.1) is 0 Å². The van der Waals surface area contributed by atoms with Gasteiger partial charge in [-0.05, 0) is 69.0 Å². The minimum Gasteiger partial charge on any atom is -0.497 e. The summed E-state index contributed by atoms with van der Waals surface area (Å²) in [6.07, 6.45) is 2.35. The molecule has 2 aromatic rings. The Balaban J connectivity index is 2.19. The number of sulfonamides is 1. The molecule has 2 aromatic carbocycles. The molecule has 198 valence electrons. The Kier molecular flexibility index (Phi) is 10.8. The van der Waals surface area contributed by atoms with Gasteiger partial charge in [-0.25, -0.2) is 8.42 Å². The van der Waals surface area contributed by atoms with Gasteiger partial charge in [0.1, 0.15) is 11.8 Å². The van der Waals surface area contributed by atoms with Crippen molar-refractivity contribution in [2.75, 3.05) is 24.2 Å². The van der Waals surface area contributed by atoms with Gasteiger partial charge < -0.3 is 15.0 Å². The van der Waals surface area contributed by atoms with Crippen molar-refractivity contribution in [1.82, 2.24) is 10.2 Å². The topological polar surface area (TPSA) is 96.0 Å². The number of anilines is 1. The van der Waals surface area contributed by atoms with Crippen molar-refractivity contribution >= 4 is 27.5 Å². The third-order valence-corrected chi connectivity index (χ3v) is 7.29. The highest BCUT2D eigenvalue weighted by Crippen LogP contribution is 2.21. The summed E-state index contributed by atoms with van der Waals surface area (Å²) in [5.74, 6) is 0.221. The monoisotopic (exact) mass is 517 g/mol. The molecule has 0 heterocycles. The standard InChI is InChI=1S/C27H39N3O5S/c1-7-21(3)28-27(32)22(4)29(19-23-12-9-14-25(18-23)35-5)26(31)15-10-16-30(36(6,33)34)24-13-8-11-20(2)17-24/h8-9,11-14,17-18,21-22H,7,10,15-16,19H2,1-6H3,(H,28,32)/t21-,22-/m0/s1. The summed E-state index contributed by atoms with van der Waals surface area (Å²) in [6.45, 7) is 7.91. The second-order valence-corrected chi connectivity index (χ2v) is 11.1. The number of carbonyl (C=O) groups is 2. The lowest BCUT2D eigenvalue weighted by atomic mass is 10.1.